The van der Waals surface area contributed by atoms with Crippen LogP contribution in [-0.4, -0.2) is 6.04 Å². The topological polar surface area (TPSA) is 35.8 Å². The van der Waals surface area contributed by atoms with Gasteiger partial charge in [0.15, 0.2) is 0 Å². The zero-order chi connectivity index (χ0) is 14.0. The largest absolute Gasteiger partial charge is 0.417 e. The SMILES string of the molecule is N#CC1C=C(c2c(F)cccc2C(F)(F)F)C=CN1. The molecule has 0 spiro atoms. The van der Waals surface area contributed by atoms with Crippen molar-refractivity contribution in [2.75, 3.05) is 0 Å². The third kappa shape index (κ3) is 2.60. The van der Waals surface area contributed by atoms with Gasteiger partial charge in [0.25, 0.3) is 0 Å². The number of nitriles is 1. The fraction of sp³-hybridized carbons (Fsp3) is 0.154. The smallest absolute Gasteiger partial charge is 0.373 e. The fourth-order valence-electron chi connectivity index (χ4n) is 1.82. The first-order chi connectivity index (χ1) is 8.93. The summed E-state index contributed by atoms with van der Waals surface area (Å²) < 4.78 is 52.3. The minimum absolute atomic E-state index is 0.0377. The molecule has 19 heavy (non-hydrogen) atoms. The lowest BCUT2D eigenvalue weighted by Crippen LogP contribution is -2.23. The molecule has 1 N–H and O–H groups in total. The van der Waals surface area contributed by atoms with E-state index in [2.05, 4.69) is 5.32 Å². The predicted octanol–water partition coefficient (Wildman–Crippen LogP) is 3.24. The Morgan fingerprint density at radius 2 is 2.00 bits per heavy atom. The summed E-state index contributed by atoms with van der Waals surface area (Å²) in [5.74, 6) is -0.968. The number of rotatable bonds is 1. The summed E-state index contributed by atoms with van der Waals surface area (Å²) in [7, 11) is 0. The third-order valence-electron chi connectivity index (χ3n) is 2.63. The standard InChI is InChI=1S/C13H8F4N2/c14-11-3-1-2-10(13(15,16)17)12(11)8-4-5-19-9(6-8)7-18/h1-6,9,19H. The molecule has 0 radical (unpaired) electrons. The van der Waals surface area contributed by atoms with Gasteiger partial charge >= 0.3 is 6.18 Å². The van der Waals surface area contributed by atoms with Gasteiger partial charge in [-0.15, -0.1) is 0 Å². The Morgan fingerprint density at radius 3 is 2.63 bits per heavy atom. The molecule has 1 heterocycles. The maximum absolute atomic E-state index is 13.7. The molecule has 1 unspecified atom stereocenters. The van der Waals surface area contributed by atoms with Crippen LogP contribution in [0.3, 0.4) is 0 Å². The van der Waals surface area contributed by atoms with E-state index < -0.39 is 29.2 Å². The molecule has 6 heteroatoms. The molecule has 1 aromatic carbocycles. The zero-order valence-electron chi connectivity index (χ0n) is 9.50. The summed E-state index contributed by atoms with van der Waals surface area (Å²) >= 11 is 0. The maximum atomic E-state index is 13.7. The van der Waals surface area contributed by atoms with Crippen molar-refractivity contribution in [2.24, 2.45) is 0 Å². The van der Waals surface area contributed by atoms with E-state index >= 15 is 0 Å². The van der Waals surface area contributed by atoms with E-state index in [0.29, 0.717) is 0 Å². The van der Waals surface area contributed by atoms with Gasteiger partial charge in [-0.25, -0.2) is 4.39 Å². The molecule has 0 amide bonds. The van der Waals surface area contributed by atoms with Crippen LogP contribution in [0, 0.1) is 17.1 Å². The summed E-state index contributed by atoms with van der Waals surface area (Å²) in [6, 6.07) is 3.85. The van der Waals surface area contributed by atoms with E-state index in [9.17, 15) is 17.6 Å². The van der Waals surface area contributed by atoms with Crippen LogP contribution in [0.25, 0.3) is 5.57 Å². The summed E-state index contributed by atoms with van der Waals surface area (Å²) in [5, 5.41) is 11.4. The van der Waals surface area contributed by atoms with Crippen LogP contribution < -0.4 is 5.32 Å². The van der Waals surface area contributed by atoms with Gasteiger partial charge in [-0.3, -0.25) is 0 Å². The Bertz CT molecular complexity index is 594. The Balaban J connectivity index is 2.60. The molecule has 0 bridgehead atoms. The maximum Gasteiger partial charge on any atom is 0.417 e. The van der Waals surface area contributed by atoms with Gasteiger partial charge in [0.2, 0.25) is 0 Å². The number of alkyl halides is 3. The molecule has 0 aromatic heterocycles. The summed E-state index contributed by atoms with van der Waals surface area (Å²) in [4.78, 5) is 0. The van der Waals surface area contributed by atoms with Crippen LogP contribution in [0.2, 0.25) is 0 Å². The highest BCUT2D eigenvalue weighted by molar-refractivity contribution is 5.78. The summed E-state index contributed by atoms with van der Waals surface area (Å²) in [6.45, 7) is 0. The predicted molar refractivity (Wildman–Crippen MR) is 61.1 cm³/mol. The van der Waals surface area contributed by atoms with Crippen LogP contribution in [-0.2, 0) is 6.18 Å². The number of halogens is 4. The van der Waals surface area contributed by atoms with Crippen molar-refractivity contribution < 1.29 is 17.6 Å². The minimum atomic E-state index is -4.65. The highest BCUT2D eigenvalue weighted by Crippen LogP contribution is 2.37. The van der Waals surface area contributed by atoms with Gasteiger partial charge < -0.3 is 5.32 Å². The normalized spacial score (nSPS) is 18.5. The highest BCUT2D eigenvalue weighted by atomic mass is 19.4. The number of nitrogens with one attached hydrogen (secondary N) is 1. The van der Waals surface area contributed by atoms with Gasteiger partial charge in [0.05, 0.1) is 11.6 Å². The molecule has 1 aliphatic heterocycles. The number of hydrogen-bond acceptors (Lipinski definition) is 2. The van der Waals surface area contributed by atoms with Crippen LogP contribution >= 0.6 is 0 Å². The van der Waals surface area contributed by atoms with Gasteiger partial charge in [-0.1, -0.05) is 6.07 Å². The van der Waals surface area contributed by atoms with E-state index in [-0.39, 0.29) is 5.57 Å². The Morgan fingerprint density at radius 1 is 1.26 bits per heavy atom. The second-order valence-corrected chi connectivity index (χ2v) is 3.89. The summed E-state index contributed by atoms with van der Waals surface area (Å²) in [6.07, 6.45) is -0.760. The lowest BCUT2D eigenvalue weighted by molar-refractivity contribution is -0.138. The number of nitrogens with zero attached hydrogens (tertiary/aromatic N) is 1. The van der Waals surface area contributed by atoms with Crippen LogP contribution in [0.5, 0.6) is 0 Å². The molecule has 0 saturated heterocycles. The minimum Gasteiger partial charge on any atom is -0.373 e. The Hall–Kier alpha value is -2.29. The Kier molecular flexibility index (Phi) is 3.30. The monoisotopic (exact) mass is 268 g/mol. The van der Waals surface area contributed by atoms with Crippen molar-refractivity contribution in [3.8, 4) is 6.07 Å². The van der Waals surface area contributed by atoms with E-state index in [1.54, 1.807) is 0 Å². The van der Waals surface area contributed by atoms with Gasteiger partial charge in [0.1, 0.15) is 11.9 Å². The molecule has 1 aliphatic rings. The number of benzene rings is 1. The molecule has 2 rings (SSSR count). The number of dihydropyridines is 1. The van der Waals surface area contributed by atoms with Crippen molar-refractivity contribution >= 4 is 5.57 Å². The fourth-order valence-corrected chi connectivity index (χ4v) is 1.82. The molecule has 0 aliphatic carbocycles. The molecule has 0 saturated carbocycles. The zero-order valence-corrected chi connectivity index (χ0v) is 9.50. The Labute approximate surface area is 106 Å². The second kappa shape index (κ2) is 4.76. The lowest BCUT2D eigenvalue weighted by atomic mass is 9.95. The highest BCUT2D eigenvalue weighted by Gasteiger charge is 2.35. The van der Waals surface area contributed by atoms with Crippen molar-refractivity contribution in [1.29, 1.82) is 5.26 Å². The van der Waals surface area contributed by atoms with Crippen LogP contribution in [0.1, 0.15) is 11.1 Å². The van der Waals surface area contributed by atoms with Crippen molar-refractivity contribution in [1.82, 2.24) is 5.32 Å². The quantitative estimate of drug-likeness (QED) is 0.794. The van der Waals surface area contributed by atoms with E-state index in [1.807, 2.05) is 6.07 Å². The van der Waals surface area contributed by atoms with Crippen molar-refractivity contribution in [2.45, 2.75) is 12.2 Å². The average Bonchev–Trinajstić information content (AvgIpc) is 2.37. The van der Waals surface area contributed by atoms with Crippen molar-refractivity contribution in [3.63, 3.8) is 0 Å². The molecule has 98 valence electrons. The molecule has 1 aromatic rings. The summed E-state index contributed by atoms with van der Waals surface area (Å²) in [5.41, 5.74) is -1.55. The van der Waals surface area contributed by atoms with E-state index in [0.717, 1.165) is 18.2 Å². The molecular formula is C13H8F4N2. The first kappa shape index (κ1) is 13.1. The average molecular weight is 268 g/mol. The first-order valence-corrected chi connectivity index (χ1v) is 5.33. The van der Waals surface area contributed by atoms with Gasteiger partial charge in [-0.2, -0.15) is 18.4 Å². The molecule has 1 atom stereocenters. The first-order valence-electron chi connectivity index (χ1n) is 5.33. The van der Waals surface area contributed by atoms with Gasteiger partial charge in [0, 0.05) is 5.56 Å². The number of allylic oxidation sites excluding steroid dienone is 2. The number of hydrogen-bond donors (Lipinski definition) is 1. The lowest BCUT2D eigenvalue weighted by Gasteiger charge is -2.18. The van der Waals surface area contributed by atoms with E-state index in [1.165, 1.54) is 18.4 Å². The van der Waals surface area contributed by atoms with Crippen LogP contribution in [0.15, 0.2) is 36.6 Å². The molecular weight excluding hydrogens is 260 g/mol. The van der Waals surface area contributed by atoms with Gasteiger partial charge in [-0.05, 0) is 36.1 Å². The van der Waals surface area contributed by atoms with E-state index in [4.69, 9.17) is 5.26 Å². The third-order valence-corrected chi connectivity index (χ3v) is 2.63. The second-order valence-electron chi connectivity index (χ2n) is 3.89. The van der Waals surface area contributed by atoms with Crippen molar-refractivity contribution in [3.05, 3.63) is 53.5 Å². The molecule has 2 nitrogen and oxygen atoms in total. The molecule has 0 fully saturated rings. The van der Waals surface area contributed by atoms with Crippen LogP contribution in [0.4, 0.5) is 17.6 Å².